The summed E-state index contributed by atoms with van der Waals surface area (Å²) in [6, 6.07) is 9.73. The van der Waals surface area contributed by atoms with E-state index >= 15 is 8.78 Å². The number of ether oxygens (including phenoxy) is 1. The second kappa shape index (κ2) is 9.82. The molecule has 2 fully saturated rings. The number of carbonyl (C=O) groups is 3. The van der Waals surface area contributed by atoms with Gasteiger partial charge in [0.05, 0.1) is 26.7 Å². The number of rotatable bonds is 4. The fourth-order valence-corrected chi connectivity index (χ4v) is 4.12. The number of pyridine rings is 1. The van der Waals surface area contributed by atoms with Gasteiger partial charge in [-0.05, 0) is 36.8 Å². The molecule has 2 saturated heterocycles. The van der Waals surface area contributed by atoms with Gasteiger partial charge in [0.1, 0.15) is 11.3 Å². The van der Waals surface area contributed by atoms with Crippen LogP contribution in [0.15, 0.2) is 41.2 Å². The molecular weight excluding hydrogens is 509 g/mol. The number of hydrogen-bond donors (Lipinski definition) is 2. The smallest absolute Gasteiger partial charge is 0.490 e. The molecule has 2 N–H and O–H groups in total. The van der Waals surface area contributed by atoms with Crippen molar-refractivity contribution in [1.29, 1.82) is 0 Å². The second-order valence-corrected chi connectivity index (χ2v) is 8.63. The average molecular weight is 531 g/mol. The molecule has 2 atom stereocenters. The lowest BCUT2D eigenvalue weighted by molar-refractivity contribution is -0.192. The minimum absolute atomic E-state index is 0.0267. The summed E-state index contributed by atoms with van der Waals surface area (Å²) in [6.07, 6.45) is -5.08. The Hall–Kier alpha value is -3.97. The normalized spacial score (nSPS) is 22.8. The number of aliphatic carboxylic acids is 1. The predicted molar refractivity (Wildman–Crippen MR) is 117 cm³/mol. The number of carbonyl (C=O) groups excluding carboxylic acids is 2. The summed E-state index contributed by atoms with van der Waals surface area (Å²) in [5.41, 5.74) is -5.01. The third-order valence-electron chi connectivity index (χ3n) is 5.95. The molecule has 0 spiro atoms. The van der Waals surface area contributed by atoms with E-state index < -0.39 is 60.5 Å². The van der Waals surface area contributed by atoms with Gasteiger partial charge < -0.3 is 24.6 Å². The number of aromatic amines is 1. The summed E-state index contributed by atoms with van der Waals surface area (Å²) < 4.78 is 68.0. The van der Waals surface area contributed by atoms with Crippen molar-refractivity contribution in [3.05, 3.63) is 63.6 Å². The van der Waals surface area contributed by atoms with Crippen molar-refractivity contribution in [2.75, 3.05) is 26.7 Å². The topological polar surface area (TPSA) is 120 Å². The van der Waals surface area contributed by atoms with Crippen molar-refractivity contribution < 1.29 is 46.2 Å². The molecule has 0 saturated carbocycles. The Morgan fingerprint density at radius 1 is 1.11 bits per heavy atom. The largest absolute Gasteiger partial charge is 0.497 e. The number of nitrogens with zero attached hydrogens (tertiary/aromatic N) is 2. The first kappa shape index (κ1) is 27.6. The number of carboxylic acids is 1. The summed E-state index contributed by atoms with van der Waals surface area (Å²) >= 11 is 0. The van der Waals surface area contributed by atoms with Gasteiger partial charge in [-0.2, -0.15) is 13.2 Å². The molecule has 1 aromatic carbocycles. The van der Waals surface area contributed by atoms with Crippen LogP contribution in [0.2, 0.25) is 0 Å². The molecule has 0 unspecified atom stereocenters. The number of likely N-dealkylation sites (tertiary alicyclic amines) is 2. The molecule has 0 radical (unpaired) electrons. The maximum absolute atomic E-state index is 15.6. The second-order valence-electron chi connectivity index (χ2n) is 8.63. The fraction of sp³-hybridized carbons (Fsp3) is 0.391. The highest BCUT2D eigenvalue weighted by Crippen LogP contribution is 2.46. The number of amides is 2. The lowest BCUT2D eigenvalue weighted by atomic mass is 9.93. The number of fused-ring (bicyclic) bond motifs is 1. The zero-order valence-corrected chi connectivity index (χ0v) is 19.6. The number of benzene rings is 1. The van der Waals surface area contributed by atoms with E-state index in [1.54, 1.807) is 31.2 Å². The van der Waals surface area contributed by atoms with E-state index in [0.717, 1.165) is 9.80 Å². The van der Waals surface area contributed by atoms with Crippen molar-refractivity contribution >= 4 is 17.8 Å². The number of halogens is 5. The Kier molecular flexibility index (Phi) is 7.33. The van der Waals surface area contributed by atoms with Crippen LogP contribution < -0.4 is 10.3 Å². The first-order valence-corrected chi connectivity index (χ1v) is 10.7. The van der Waals surface area contributed by atoms with E-state index in [0.29, 0.717) is 17.0 Å². The third kappa shape index (κ3) is 5.42. The van der Waals surface area contributed by atoms with Crippen LogP contribution in [0.5, 0.6) is 5.75 Å². The van der Waals surface area contributed by atoms with E-state index in [1.807, 2.05) is 0 Å². The lowest BCUT2D eigenvalue weighted by Crippen LogP contribution is -2.47. The first-order chi connectivity index (χ1) is 17.1. The van der Waals surface area contributed by atoms with E-state index in [-0.39, 0.29) is 12.1 Å². The van der Waals surface area contributed by atoms with Crippen LogP contribution in [-0.2, 0) is 16.1 Å². The van der Waals surface area contributed by atoms with Crippen LogP contribution in [0.3, 0.4) is 0 Å². The van der Waals surface area contributed by atoms with Crippen molar-refractivity contribution in [1.82, 2.24) is 14.8 Å². The Labute approximate surface area is 206 Å². The van der Waals surface area contributed by atoms with Gasteiger partial charge >= 0.3 is 12.1 Å². The van der Waals surface area contributed by atoms with Crippen LogP contribution in [0.4, 0.5) is 22.0 Å². The molecule has 4 rings (SSSR count). The SMILES string of the molecule is COc1cccc(CN2C[C@@]3(F)CN(C(=O)c4ccc(C)[nH]c4=O)C[C@@]3(F)C2=O)c1.O=C(O)C(F)(F)F. The van der Waals surface area contributed by atoms with Crippen molar-refractivity contribution in [2.24, 2.45) is 0 Å². The highest BCUT2D eigenvalue weighted by atomic mass is 19.4. The predicted octanol–water partition coefficient (Wildman–Crippen LogP) is 2.24. The molecule has 9 nitrogen and oxygen atoms in total. The lowest BCUT2D eigenvalue weighted by Gasteiger charge is -2.22. The van der Waals surface area contributed by atoms with Crippen molar-refractivity contribution in [2.45, 2.75) is 31.0 Å². The number of aryl methyl sites for hydroxylation is 1. The molecule has 2 amide bonds. The van der Waals surface area contributed by atoms with Crippen LogP contribution in [-0.4, -0.2) is 81.9 Å². The number of carboxylic acid groups (broad SMARTS) is 1. The first-order valence-electron chi connectivity index (χ1n) is 10.7. The zero-order valence-electron chi connectivity index (χ0n) is 19.6. The van der Waals surface area contributed by atoms with E-state index in [2.05, 4.69) is 4.98 Å². The number of methoxy groups -OCH3 is 1. The summed E-state index contributed by atoms with van der Waals surface area (Å²) in [5, 5.41) is 7.12. The van der Waals surface area contributed by atoms with Crippen molar-refractivity contribution in [3.8, 4) is 5.75 Å². The summed E-state index contributed by atoms with van der Waals surface area (Å²) in [5.74, 6) is -3.98. The van der Waals surface area contributed by atoms with Gasteiger partial charge in [0, 0.05) is 12.2 Å². The minimum atomic E-state index is -5.08. The average Bonchev–Trinajstić information content (AvgIpc) is 3.17. The van der Waals surface area contributed by atoms with Crippen LogP contribution in [0.25, 0.3) is 0 Å². The Morgan fingerprint density at radius 3 is 2.30 bits per heavy atom. The van der Waals surface area contributed by atoms with Crippen LogP contribution in [0.1, 0.15) is 21.6 Å². The van der Waals surface area contributed by atoms with E-state index in [4.69, 9.17) is 14.6 Å². The van der Waals surface area contributed by atoms with Crippen LogP contribution in [0, 0.1) is 6.92 Å². The number of hydrogen-bond acceptors (Lipinski definition) is 5. The fourth-order valence-electron chi connectivity index (χ4n) is 4.12. The minimum Gasteiger partial charge on any atom is -0.497 e. The van der Waals surface area contributed by atoms with Gasteiger partial charge in [0.2, 0.25) is 5.67 Å². The Morgan fingerprint density at radius 2 is 1.76 bits per heavy atom. The monoisotopic (exact) mass is 531 g/mol. The summed E-state index contributed by atoms with van der Waals surface area (Å²) in [6.45, 7) is -0.135. The standard InChI is InChI=1S/C21H21F2N3O4.C2HF3O2/c1-13-6-7-16(17(27)24-13)18(28)26-11-20(22)10-25(19(29)21(20,23)12-26)9-14-4-3-5-15(8-14)30-2;3-2(4,5)1(6)7/h3-8H,9-12H2,1-2H3,(H,24,27);(H,6,7)/t20-,21-;/m1./s1. The van der Waals surface area contributed by atoms with E-state index in [1.165, 1.54) is 19.2 Å². The maximum atomic E-state index is 15.6. The number of aromatic nitrogens is 1. The maximum Gasteiger partial charge on any atom is 0.490 e. The molecule has 37 heavy (non-hydrogen) atoms. The molecule has 2 aromatic rings. The van der Waals surface area contributed by atoms with Crippen LogP contribution >= 0.6 is 0 Å². The summed E-state index contributed by atoms with van der Waals surface area (Å²) in [4.78, 5) is 50.9. The van der Waals surface area contributed by atoms with Gasteiger partial charge in [0.25, 0.3) is 17.4 Å². The zero-order chi connectivity index (χ0) is 27.8. The molecule has 3 heterocycles. The molecule has 0 aliphatic carbocycles. The number of nitrogens with one attached hydrogen (secondary N) is 1. The Bertz CT molecular complexity index is 1280. The molecule has 14 heteroatoms. The highest BCUT2D eigenvalue weighted by Gasteiger charge is 2.71. The molecule has 1 aromatic heterocycles. The number of alkyl halides is 5. The third-order valence-corrected chi connectivity index (χ3v) is 5.95. The summed E-state index contributed by atoms with van der Waals surface area (Å²) in [7, 11) is 1.50. The molecule has 2 aliphatic rings. The highest BCUT2D eigenvalue weighted by molar-refractivity contribution is 5.97. The van der Waals surface area contributed by atoms with Gasteiger partial charge in [-0.3, -0.25) is 14.4 Å². The molecular formula is C23H22F5N3O6. The van der Waals surface area contributed by atoms with Gasteiger partial charge in [0.15, 0.2) is 5.67 Å². The molecule has 0 bridgehead atoms. The molecule has 200 valence electrons. The van der Waals surface area contributed by atoms with Gasteiger partial charge in [-0.1, -0.05) is 12.1 Å². The van der Waals surface area contributed by atoms with Gasteiger partial charge in [-0.15, -0.1) is 0 Å². The quantitative estimate of drug-likeness (QED) is 0.585. The number of H-pyrrole nitrogens is 1. The molecule has 2 aliphatic heterocycles. The van der Waals surface area contributed by atoms with E-state index in [9.17, 15) is 27.6 Å². The Balaban J connectivity index is 0.000000479. The van der Waals surface area contributed by atoms with Crippen molar-refractivity contribution in [3.63, 3.8) is 0 Å². The van der Waals surface area contributed by atoms with Gasteiger partial charge in [-0.25, -0.2) is 13.6 Å².